The van der Waals surface area contributed by atoms with Crippen LogP contribution in [0.2, 0.25) is 0 Å². The van der Waals surface area contributed by atoms with Crippen molar-refractivity contribution in [2.45, 2.75) is 5.41 Å². The maximum Gasteiger partial charge on any atom is 0.0701 e. The molecular formula is C30H23N. The van der Waals surface area contributed by atoms with Crippen LogP contribution in [0.3, 0.4) is 0 Å². The van der Waals surface area contributed by atoms with Crippen LogP contribution in [-0.4, -0.2) is 4.98 Å². The van der Waals surface area contributed by atoms with Crippen molar-refractivity contribution >= 4 is 0 Å². The Kier molecular flexibility index (Phi) is 5.16. The van der Waals surface area contributed by atoms with Crippen molar-refractivity contribution in [1.29, 1.82) is 0 Å². The number of benzene rings is 4. The molecule has 0 unspecified atom stereocenters. The second-order valence-corrected chi connectivity index (χ2v) is 7.64. The highest BCUT2D eigenvalue weighted by atomic mass is 14.7. The van der Waals surface area contributed by atoms with Gasteiger partial charge in [-0.05, 0) is 34.4 Å². The lowest BCUT2D eigenvalue weighted by atomic mass is 9.65. The number of hydrogen-bond donors (Lipinski definition) is 0. The second kappa shape index (κ2) is 8.41. The van der Waals surface area contributed by atoms with Crippen molar-refractivity contribution in [3.8, 4) is 11.3 Å². The van der Waals surface area contributed by atoms with Crippen LogP contribution in [0.25, 0.3) is 11.3 Å². The molecule has 31 heavy (non-hydrogen) atoms. The quantitative estimate of drug-likeness (QED) is 0.287. The van der Waals surface area contributed by atoms with E-state index in [0.717, 1.165) is 11.3 Å². The van der Waals surface area contributed by atoms with Gasteiger partial charge in [-0.3, -0.25) is 4.98 Å². The van der Waals surface area contributed by atoms with E-state index in [0.29, 0.717) is 0 Å². The molecule has 1 heteroatoms. The summed E-state index contributed by atoms with van der Waals surface area (Å²) >= 11 is 0. The summed E-state index contributed by atoms with van der Waals surface area (Å²) < 4.78 is 0. The van der Waals surface area contributed by atoms with Crippen LogP contribution in [-0.2, 0) is 5.41 Å². The maximum absolute atomic E-state index is 4.52. The van der Waals surface area contributed by atoms with Crippen LogP contribution < -0.4 is 0 Å². The van der Waals surface area contributed by atoms with Gasteiger partial charge >= 0.3 is 0 Å². The molecule has 0 aliphatic rings. The topological polar surface area (TPSA) is 12.9 Å². The van der Waals surface area contributed by atoms with Crippen LogP contribution in [0.5, 0.6) is 0 Å². The van der Waals surface area contributed by atoms with Crippen LogP contribution in [0.15, 0.2) is 140 Å². The zero-order valence-corrected chi connectivity index (χ0v) is 17.2. The van der Waals surface area contributed by atoms with Gasteiger partial charge in [-0.2, -0.15) is 0 Å². The molecule has 0 fully saturated rings. The Bertz CT molecular complexity index is 1130. The van der Waals surface area contributed by atoms with E-state index in [9.17, 15) is 0 Å². The Morgan fingerprint density at radius 3 is 1.23 bits per heavy atom. The van der Waals surface area contributed by atoms with Crippen molar-refractivity contribution in [1.82, 2.24) is 4.98 Å². The first-order chi connectivity index (χ1) is 15.4. The molecule has 0 saturated heterocycles. The van der Waals surface area contributed by atoms with E-state index in [2.05, 4.69) is 120 Å². The molecule has 0 bridgehead atoms. The van der Waals surface area contributed by atoms with E-state index >= 15 is 0 Å². The van der Waals surface area contributed by atoms with Crippen molar-refractivity contribution < 1.29 is 0 Å². The molecule has 0 N–H and O–H groups in total. The summed E-state index contributed by atoms with van der Waals surface area (Å²) in [7, 11) is 0. The minimum absolute atomic E-state index is 0.410. The van der Waals surface area contributed by atoms with E-state index in [4.69, 9.17) is 0 Å². The molecule has 148 valence electrons. The molecule has 5 aromatic rings. The fraction of sp³-hybridized carbons (Fsp3) is 0.0333. The van der Waals surface area contributed by atoms with E-state index in [1.54, 1.807) is 0 Å². The van der Waals surface area contributed by atoms with Gasteiger partial charge < -0.3 is 0 Å². The smallest absolute Gasteiger partial charge is 0.0701 e. The summed E-state index contributed by atoms with van der Waals surface area (Å²) in [5, 5.41) is 0. The highest BCUT2D eigenvalue weighted by Gasteiger charge is 2.38. The molecule has 0 radical (unpaired) electrons. The van der Waals surface area contributed by atoms with Gasteiger partial charge in [-0.15, -0.1) is 0 Å². The minimum atomic E-state index is -0.410. The molecule has 1 heterocycles. The van der Waals surface area contributed by atoms with Crippen LogP contribution in [0, 0.1) is 0 Å². The predicted molar refractivity (Wildman–Crippen MR) is 128 cm³/mol. The first-order valence-corrected chi connectivity index (χ1v) is 10.6. The van der Waals surface area contributed by atoms with Crippen molar-refractivity contribution in [3.63, 3.8) is 0 Å². The molecule has 0 atom stereocenters. The summed E-state index contributed by atoms with van der Waals surface area (Å²) in [5.41, 5.74) is 6.67. The number of nitrogens with zero attached hydrogens (tertiary/aromatic N) is 1. The summed E-state index contributed by atoms with van der Waals surface area (Å²) in [6.07, 6.45) is 1.84. The minimum Gasteiger partial charge on any atom is -0.256 e. The van der Waals surface area contributed by atoms with Crippen molar-refractivity contribution in [2.75, 3.05) is 0 Å². The summed E-state index contributed by atoms with van der Waals surface area (Å²) in [4.78, 5) is 4.52. The molecule has 5 rings (SSSR count). The normalized spacial score (nSPS) is 11.2. The molecule has 1 aromatic heterocycles. The van der Waals surface area contributed by atoms with Gasteiger partial charge in [-0.1, -0.05) is 121 Å². The molecule has 0 saturated carbocycles. The SMILES string of the molecule is c1ccc(C(c2ccccc2)(c2ccccc2)c2ccc(-c3ccccn3)cc2)cc1. The summed E-state index contributed by atoms with van der Waals surface area (Å²) in [6.45, 7) is 0. The molecule has 0 aliphatic carbocycles. The van der Waals surface area contributed by atoms with Crippen LogP contribution in [0.4, 0.5) is 0 Å². The molecular weight excluding hydrogens is 374 g/mol. The molecule has 0 aliphatic heterocycles. The predicted octanol–water partition coefficient (Wildman–Crippen LogP) is 7.13. The van der Waals surface area contributed by atoms with Gasteiger partial charge in [0.2, 0.25) is 0 Å². The van der Waals surface area contributed by atoms with E-state index in [1.807, 2.05) is 24.4 Å². The van der Waals surface area contributed by atoms with Gasteiger partial charge in [-0.25, -0.2) is 0 Å². The first-order valence-electron chi connectivity index (χ1n) is 10.6. The van der Waals surface area contributed by atoms with Gasteiger partial charge in [0.05, 0.1) is 11.1 Å². The van der Waals surface area contributed by atoms with Gasteiger partial charge in [0, 0.05) is 11.8 Å². The maximum atomic E-state index is 4.52. The first kappa shape index (κ1) is 19.0. The van der Waals surface area contributed by atoms with Crippen molar-refractivity contribution in [3.05, 3.63) is 162 Å². The number of aromatic nitrogens is 1. The fourth-order valence-corrected chi connectivity index (χ4v) is 4.49. The number of rotatable bonds is 5. The molecule has 1 nitrogen and oxygen atoms in total. The Labute approximate surface area is 183 Å². The molecule has 0 spiro atoms. The highest BCUT2D eigenvalue weighted by molar-refractivity contribution is 5.64. The van der Waals surface area contributed by atoms with E-state index in [1.165, 1.54) is 22.3 Å². The zero-order valence-electron chi connectivity index (χ0n) is 17.2. The lowest BCUT2D eigenvalue weighted by Crippen LogP contribution is -2.30. The third-order valence-electron chi connectivity index (χ3n) is 5.90. The van der Waals surface area contributed by atoms with E-state index in [-0.39, 0.29) is 0 Å². The van der Waals surface area contributed by atoms with Crippen molar-refractivity contribution in [2.24, 2.45) is 0 Å². The third kappa shape index (κ3) is 3.45. The molecule has 0 amide bonds. The second-order valence-electron chi connectivity index (χ2n) is 7.64. The largest absolute Gasteiger partial charge is 0.256 e. The number of pyridine rings is 1. The van der Waals surface area contributed by atoms with Gasteiger partial charge in [0.1, 0.15) is 0 Å². The Hall–Kier alpha value is -3.97. The summed E-state index contributed by atoms with van der Waals surface area (Å²) in [5.74, 6) is 0. The lowest BCUT2D eigenvalue weighted by Gasteiger charge is -2.37. The lowest BCUT2D eigenvalue weighted by molar-refractivity contribution is 0.745. The number of hydrogen-bond acceptors (Lipinski definition) is 1. The Morgan fingerprint density at radius 2 is 0.806 bits per heavy atom. The Morgan fingerprint density at radius 1 is 0.387 bits per heavy atom. The molecule has 4 aromatic carbocycles. The van der Waals surface area contributed by atoms with Crippen LogP contribution in [0.1, 0.15) is 22.3 Å². The van der Waals surface area contributed by atoms with Gasteiger partial charge in [0.25, 0.3) is 0 Å². The van der Waals surface area contributed by atoms with Crippen LogP contribution >= 0.6 is 0 Å². The zero-order chi connectivity index (χ0) is 20.9. The highest BCUT2D eigenvalue weighted by Crippen LogP contribution is 2.45. The summed E-state index contributed by atoms with van der Waals surface area (Å²) in [6, 6.07) is 47.2. The van der Waals surface area contributed by atoms with E-state index < -0.39 is 5.41 Å². The third-order valence-corrected chi connectivity index (χ3v) is 5.90. The standard InChI is InChI=1S/C30H23N/c1-4-12-25(13-5-1)30(26-14-6-2-7-15-26,27-16-8-3-9-17-27)28-21-19-24(20-22-28)29-18-10-11-23-31-29/h1-23H. The average molecular weight is 398 g/mol. The monoisotopic (exact) mass is 397 g/mol. The van der Waals surface area contributed by atoms with Gasteiger partial charge in [0.15, 0.2) is 0 Å². The Balaban J connectivity index is 1.78. The fourth-order valence-electron chi connectivity index (χ4n) is 4.49. The average Bonchev–Trinajstić information content (AvgIpc) is 2.88.